The van der Waals surface area contributed by atoms with Gasteiger partial charge in [-0.25, -0.2) is 4.79 Å². The number of fused-ring (bicyclic) bond motifs is 2. The summed E-state index contributed by atoms with van der Waals surface area (Å²) in [6.45, 7) is 4.23. The van der Waals surface area contributed by atoms with Crippen LogP contribution in [0.15, 0.2) is 24.3 Å². The van der Waals surface area contributed by atoms with E-state index in [4.69, 9.17) is 4.74 Å². The van der Waals surface area contributed by atoms with Crippen molar-refractivity contribution in [3.05, 3.63) is 40.3 Å². The van der Waals surface area contributed by atoms with E-state index in [0.717, 1.165) is 35.4 Å². The Morgan fingerprint density at radius 3 is 2.80 bits per heavy atom. The molecule has 2 atom stereocenters. The lowest BCUT2D eigenvalue weighted by molar-refractivity contribution is -0.122. The van der Waals surface area contributed by atoms with Crippen LogP contribution in [0, 0.1) is 5.92 Å². The second-order valence-corrected chi connectivity index (χ2v) is 8.87. The Morgan fingerprint density at radius 1 is 1.27 bits per heavy atom. The third-order valence-electron chi connectivity index (χ3n) is 5.46. The smallest absolute Gasteiger partial charge is 0.341 e. The molecule has 2 heterocycles. The van der Waals surface area contributed by atoms with E-state index in [1.807, 2.05) is 18.2 Å². The number of rotatable bonds is 5. The summed E-state index contributed by atoms with van der Waals surface area (Å²) in [7, 11) is 0. The molecule has 0 fully saturated rings. The summed E-state index contributed by atoms with van der Waals surface area (Å²) in [5, 5.41) is 9.33. The van der Waals surface area contributed by atoms with E-state index in [-0.39, 0.29) is 24.8 Å². The first kappa shape index (κ1) is 20.4. The maximum Gasteiger partial charge on any atom is 0.341 e. The molecule has 4 rings (SSSR count). The lowest BCUT2D eigenvalue weighted by atomic mass is 9.88. The van der Waals surface area contributed by atoms with Crippen LogP contribution in [0.4, 0.5) is 16.4 Å². The van der Waals surface area contributed by atoms with Gasteiger partial charge < -0.3 is 20.7 Å². The zero-order valence-corrected chi connectivity index (χ0v) is 17.9. The van der Waals surface area contributed by atoms with Crippen LogP contribution >= 0.6 is 11.3 Å². The molecule has 0 saturated heterocycles. The lowest BCUT2D eigenvalue weighted by Gasteiger charge is -2.26. The second-order valence-electron chi connectivity index (χ2n) is 7.76. The van der Waals surface area contributed by atoms with Crippen molar-refractivity contribution in [3.8, 4) is 0 Å². The van der Waals surface area contributed by atoms with E-state index in [9.17, 15) is 14.4 Å². The fourth-order valence-corrected chi connectivity index (χ4v) is 5.37. The maximum atomic E-state index is 12.8. The zero-order valence-electron chi connectivity index (χ0n) is 17.0. The van der Waals surface area contributed by atoms with Crippen molar-refractivity contribution >= 4 is 45.5 Å². The molecule has 0 saturated carbocycles. The summed E-state index contributed by atoms with van der Waals surface area (Å²) in [5.41, 5.74) is 2.95. The number of para-hydroxylation sites is 2. The van der Waals surface area contributed by atoms with Crippen molar-refractivity contribution in [1.29, 1.82) is 0 Å². The Balaban J connectivity index is 1.52. The first-order chi connectivity index (χ1) is 14.5. The largest absolute Gasteiger partial charge is 0.462 e. The van der Waals surface area contributed by atoms with Crippen molar-refractivity contribution in [1.82, 2.24) is 0 Å². The summed E-state index contributed by atoms with van der Waals surface area (Å²) in [6, 6.07) is 6.68. The molecule has 3 N–H and O–H groups in total. The van der Waals surface area contributed by atoms with Crippen molar-refractivity contribution in [2.75, 3.05) is 22.6 Å². The highest BCUT2D eigenvalue weighted by atomic mass is 32.1. The van der Waals surface area contributed by atoms with Crippen molar-refractivity contribution in [3.63, 3.8) is 0 Å². The number of carbonyl (C=O) groups excluding carboxylic acids is 3. The molecule has 8 heteroatoms. The molecular formula is C22H25N3O4S. The highest BCUT2D eigenvalue weighted by molar-refractivity contribution is 7.17. The summed E-state index contributed by atoms with van der Waals surface area (Å²) in [5.74, 6) is -0.430. The number of amides is 2. The summed E-state index contributed by atoms with van der Waals surface area (Å²) < 4.78 is 5.25. The van der Waals surface area contributed by atoms with E-state index in [1.165, 1.54) is 11.3 Å². The van der Waals surface area contributed by atoms with Crippen molar-refractivity contribution < 1.29 is 19.1 Å². The van der Waals surface area contributed by atoms with E-state index in [1.54, 1.807) is 13.0 Å². The Kier molecular flexibility index (Phi) is 5.76. The first-order valence-electron chi connectivity index (χ1n) is 10.2. The first-order valence-corrected chi connectivity index (χ1v) is 11.1. The van der Waals surface area contributed by atoms with Crippen LogP contribution in [0.1, 0.15) is 47.5 Å². The van der Waals surface area contributed by atoms with Gasteiger partial charge in [-0.2, -0.15) is 0 Å². The van der Waals surface area contributed by atoms with Gasteiger partial charge in [0.15, 0.2) is 0 Å². The van der Waals surface area contributed by atoms with Gasteiger partial charge in [0.2, 0.25) is 11.8 Å². The topological polar surface area (TPSA) is 96.5 Å². The fourth-order valence-electron chi connectivity index (χ4n) is 3.96. The van der Waals surface area contributed by atoms with Gasteiger partial charge in [0.1, 0.15) is 11.0 Å². The molecule has 2 aromatic rings. The normalized spacial score (nSPS) is 19.7. The van der Waals surface area contributed by atoms with Gasteiger partial charge >= 0.3 is 5.97 Å². The fraction of sp³-hybridized carbons (Fsp3) is 0.409. The molecule has 1 aromatic heterocycles. The number of hydrogen-bond acceptors (Lipinski definition) is 6. The Labute approximate surface area is 179 Å². The average molecular weight is 428 g/mol. The number of carbonyl (C=O) groups is 3. The average Bonchev–Trinajstić information content (AvgIpc) is 3.05. The van der Waals surface area contributed by atoms with E-state index >= 15 is 0 Å². The van der Waals surface area contributed by atoms with Crippen LogP contribution in [0.3, 0.4) is 0 Å². The zero-order chi connectivity index (χ0) is 21.3. The van der Waals surface area contributed by atoms with Crippen molar-refractivity contribution in [2.45, 2.75) is 45.6 Å². The van der Waals surface area contributed by atoms with Crippen LogP contribution in [0.5, 0.6) is 0 Å². The van der Waals surface area contributed by atoms with Gasteiger partial charge in [0.25, 0.3) is 0 Å². The molecule has 30 heavy (non-hydrogen) atoms. The van der Waals surface area contributed by atoms with Gasteiger partial charge in [-0.15, -0.1) is 11.3 Å². The molecule has 2 aliphatic rings. The Hall–Kier alpha value is -2.87. The van der Waals surface area contributed by atoms with E-state index in [2.05, 4.69) is 22.9 Å². The van der Waals surface area contributed by atoms with Crippen LogP contribution in [0.2, 0.25) is 0 Å². The highest BCUT2D eigenvalue weighted by Gasteiger charge is 2.31. The molecular weight excluding hydrogens is 402 g/mol. The second kappa shape index (κ2) is 8.47. The Morgan fingerprint density at radius 2 is 2.03 bits per heavy atom. The lowest BCUT2D eigenvalue weighted by Crippen LogP contribution is -2.41. The number of anilines is 3. The predicted octanol–water partition coefficient (Wildman–Crippen LogP) is 3.81. The number of thiophene rings is 1. The molecule has 1 aliphatic heterocycles. The van der Waals surface area contributed by atoms with Gasteiger partial charge in [-0.1, -0.05) is 19.1 Å². The molecule has 7 nitrogen and oxygen atoms in total. The minimum absolute atomic E-state index is 0.0403. The standard InChI is InChI=1S/C22H25N3O4S/c1-3-29-22(28)19-13-9-8-12(2)10-17(13)30-21(19)25-18(26)11-16-20(27)24-15-7-5-4-6-14(15)23-16/h4-7,12,16,23H,3,8-11H2,1-2H3,(H,24,27)(H,25,26)/t12-,16+/m0/s1. The molecule has 0 radical (unpaired) electrons. The quantitative estimate of drug-likeness (QED) is 0.631. The van der Waals surface area contributed by atoms with Crippen LogP contribution in [0.25, 0.3) is 0 Å². The highest BCUT2D eigenvalue weighted by Crippen LogP contribution is 2.40. The third kappa shape index (κ3) is 4.05. The molecule has 0 bridgehead atoms. The molecule has 2 amide bonds. The SMILES string of the molecule is CCOC(=O)c1c(NC(=O)C[C@H]2Nc3ccccc3NC2=O)sc2c1CC[C@H](C)C2. The monoisotopic (exact) mass is 427 g/mol. The van der Waals surface area contributed by atoms with E-state index in [0.29, 0.717) is 22.2 Å². The van der Waals surface area contributed by atoms with Crippen molar-refractivity contribution in [2.24, 2.45) is 5.92 Å². The van der Waals surface area contributed by atoms with Crippen LogP contribution in [-0.2, 0) is 27.2 Å². The van der Waals surface area contributed by atoms with Gasteiger partial charge in [0.05, 0.1) is 30.0 Å². The van der Waals surface area contributed by atoms with Gasteiger partial charge in [-0.3, -0.25) is 9.59 Å². The summed E-state index contributed by atoms with van der Waals surface area (Å²) in [4.78, 5) is 38.9. The van der Waals surface area contributed by atoms with E-state index < -0.39 is 12.0 Å². The maximum absolute atomic E-state index is 12.8. The number of hydrogen-bond donors (Lipinski definition) is 3. The van der Waals surface area contributed by atoms with Gasteiger partial charge in [0, 0.05) is 4.88 Å². The minimum atomic E-state index is -0.680. The predicted molar refractivity (Wildman–Crippen MR) is 117 cm³/mol. The Bertz CT molecular complexity index is 1000. The number of nitrogens with one attached hydrogen (secondary N) is 3. The van der Waals surface area contributed by atoms with Crippen LogP contribution < -0.4 is 16.0 Å². The molecule has 1 aliphatic carbocycles. The number of ether oxygens (including phenoxy) is 1. The molecule has 158 valence electrons. The number of esters is 1. The summed E-state index contributed by atoms with van der Waals surface area (Å²) in [6.07, 6.45) is 2.67. The summed E-state index contributed by atoms with van der Waals surface area (Å²) >= 11 is 1.45. The molecule has 1 aromatic carbocycles. The molecule has 0 unspecified atom stereocenters. The minimum Gasteiger partial charge on any atom is -0.462 e. The third-order valence-corrected chi connectivity index (χ3v) is 6.63. The molecule has 0 spiro atoms. The van der Waals surface area contributed by atoms with Crippen LogP contribution in [-0.4, -0.2) is 30.4 Å². The number of benzene rings is 1. The van der Waals surface area contributed by atoms with Gasteiger partial charge in [-0.05, 0) is 49.8 Å².